The van der Waals surface area contributed by atoms with Gasteiger partial charge in [0, 0.05) is 18.5 Å². The number of aromatic nitrogens is 2. The quantitative estimate of drug-likeness (QED) is 0.750. The smallest absolute Gasteiger partial charge is 0.266 e. The van der Waals surface area contributed by atoms with E-state index in [1.54, 1.807) is 0 Å². The molecule has 0 amide bonds. The van der Waals surface area contributed by atoms with Crippen molar-refractivity contribution < 1.29 is 4.52 Å². The van der Waals surface area contributed by atoms with Gasteiger partial charge in [-0.2, -0.15) is 4.98 Å². The van der Waals surface area contributed by atoms with Crippen molar-refractivity contribution in [2.24, 2.45) is 5.41 Å². The predicted octanol–water partition coefficient (Wildman–Crippen LogP) is 2.75. The lowest BCUT2D eigenvalue weighted by Gasteiger charge is -2.31. The average Bonchev–Trinajstić information content (AvgIpc) is 2.83. The number of rotatable bonds is 1. The first-order valence-corrected chi connectivity index (χ1v) is 6.58. The predicted molar refractivity (Wildman–Crippen MR) is 66.1 cm³/mol. The van der Waals surface area contributed by atoms with Crippen molar-refractivity contribution in [1.29, 1.82) is 0 Å². The van der Waals surface area contributed by atoms with Crippen molar-refractivity contribution in [1.82, 2.24) is 10.1 Å². The SMILES string of the molecule is CC(C)(C)c1nc(N2CCCC3(CC3)C2)no1. The van der Waals surface area contributed by atoms with Gasteiger partial charge in [-0.25, -0.2) is 0 Å². The minimum Gasteiger partial charge on any atom is -0.338 e. The second kappa shape index (κ2) is 3.47. The van der Waals surface area contributed by atoms with Crippen LogP contribution < -0.4 is 4.90 Å². The van der Waals surface area contributed by atoms with Gasteiger partial charge < -0.3 is 9.42 Å². The van der Waals surface area contributed by atoms with Crippen LogP contribution in [-0.4, -0.2) is 23.2 Å². The Bertz CT molecular complexity index is 415. The van der Waals surface area contributed by atoms with Crippen molar-refractivity contribution in [2.75, 3.05) is 18.0 Å². The highest BCUT2D eigenvalue weighted by Gasteiger charge is 2.46. The Hall–Kier alpha value is -1.06. The summed E-state index contributed by atoms with van der Waals surface area (Å²) in [5.41, 5.74) is 0.541. The van der Waals surface area contributed by atoms with Crippen LogP contribution in [0, 0.1) is 5.41 Å². The lowest BCUT2D eigenvalue weighted by Crippen LogP contribution is -2.37. The van der Waals surface area contributed by atoms with Gasteiger partial charge in [0.05, 0.1) is 0 Å². The maximum Gasteiger partial charge on any atom is 0.266 e. The summed E-state index contributed by atoms with van der Waals surface area (Å²) in [4.78, 5) is 6.85. The van der Waals surface area contributed by atoms with Crippen LogP contribution in [0.25, 0.3) is 0 Å². The molecule has 0 atom stereocenters. The maximum absolute atomic E-state index is 5.37. The Morgan fingerprint density at radius 1 is 1.24 bits per heavy atom. The second-order valence-corrected chi connectivity index (χ2v) is 6.67. The minimum atomic E-state index is -0.0572. The van der Waals surface area contributed by atoms with Gasteiger partial charge in [-0.15, -0.1) is 0 Å². The molecule has 94 valence electrons. The first kappa shape index (κ1) is 11.1. The van der Waals surface area contributed by atoms with E-state index in [0.29, 0.717) is 5.41 Å². The molecule has 0 aromatic carbocycles. The zero-order chi connectivity index (χ0) is 12.1. The number of hydrogen-bond acceptors (Lipinski definition) is 4. The molecule has 1 aromatic heterocycles. The number of anilines is 1. The molecule has 0 N–H and O–H groups in total. The second-order valence-electron chi connectivity index (χ2n) is 6.67. The zero-order valence-electron chi connectivity index (χ0n) is 11.0. The third-order valence-corrected chi connectivity index (χ3v) is 3.96. The van der Waals surface area contributed by atoms with Crippen LogP contribution in [-0.2, 0) is 5.41 Å². The topological polar surface area (TPSA) is 42.2 Å². The molecule has 1 aliphatic heterocycles. The lowest BCUT2D eigenvalue weighted by molar-refractivity contribution is 0.318. The average molecular weight is 235 g/mol. The highest BCUT2D eigenvalue weighted by molar-refractivity contribution is 5.31. The minimum absolute atomic E-state index is 0.0572. The molecule has 17 heavy (non-hydrogen) atoms. The summed E-state index contributed by atoms with van der Waals surface area (Å²) in [7, 11) is 0. The van der Waals surface area contributed by atoms with Gasteiger partial charge >= 0.3 is 0 Å². The fraction of sp³-hybridized carbons (Fsp3) is 0.846. The van der Waals surface area contributed by atoms with E-state index in [-0.39, 0.29) is 5.41 Å². The Balaban J connectivity index is 1.77. The van der Waals surface area contributed by atoms with E-state index in [4.69, 9.17) is 4.52 Å². The summed E-state index contributed by atoms with van der Waals surface area (Å²) in [5.74, 6) is 1.53. The fourth-order valence-corrected chi connectivity index (χ4v) is 2.61. The van der Waals surface area contributed by atoms with Crippen LogP contribution in [0.4, 0.5) is 5.95 Å². The summed E-state index contributed by atoms with van der Waals surface area (Å²) < 4.78 is 5.37. The Morgan fingerprint density at radius 2 is 2.00 bits per heavy atom. The van der Waals surface area contributed by atoms with Crippen LogP contribution >= 0.6 is 0 Å². The highest BCUT2D eigenvalue weighted by atomic mass is 16.5. The zero-order valence-corrected chi connectivity index (χ0v) is 11.0. The number of nitrogens with zero attached hydrogens (tertiary/aromatic N) is 3. The fourth-order valence-electron chi connectivity index (χ4n) is 2.61. The molecule has 0 unspecified atom stereocenters. The molecule has 2 heterocycles. The van der Waals surface area contributed by atoms with Crippen LogP contribution in [0.2, 0.25) is 0 Å². The van der Waals surface area contributed by atoms with Crippen LogP contribution in [0.1, 0.15) is 52.3 Å². The summed E-state index contributed by atoms with van der Waals surface area (Å²) in [5, 5.41) is 4.14. The molecule has 0 radical (unpaired) electrons. The largest absolute Gasteiger partial charge is 0.338 e. The van der Waals surface area contributed by atoms with Crippen molar-refractivity contribution in [3.63, 3.8) is 0 Å². The standard InChI is InChI=1S/C13H21N3O/c1-12(2,3)10-14-11(15-17-10)16-8-4-5-13(9-16)6-7-13/h4-9H2,1-3H3. The first-order chi connectivity index (χ1) is 7.99. The lowest BCUT2D eigenvalue weighted by atomic mass is 9.95. The van der Waals surface area contributed by atoms with E-state index in [9.17, 15) is 0 Å². The molecule has 3 rings (SSSR count). The summed E-state index contributed by atoms with van der Waals surface area (Å²) in [6, 6.07) is 0. The third kappa shape index (κ3) is 2.05. The molecular weight excluding hydrogens is 214 g/mol. The van der Waals surface area contributed by atoms with Gasteiger partial charge in [-0.3, -0.25) is 0 Å². The molecule has 4 nitrogen and oxygen atoms in total. The molecule has 1 spiro atoms. The number of piperidine rings is 1. The van der Waals surface area contributed by atoms with E-state index >= 15 is 0 Å². The molecule has 4 heteroatoms. The summed E-state index contributed by atoms with van der Waals surface area (Å²) >= 11 is 0. The Labute approximate surface area is 102 Å². The normalized spacial score (nSPS) is 23.1. The van der Waals surface area contributed by atoms with E-state index in [1.165, 1.54) is 25.7 Å². The van der Waals surface area contributed by atoms with Gasteiger partial charge in [-0.05, 0) is 36.3 Å². The Kier molecular flexibility index (Phi) is 2.25. The number of hydrogen-bond donors (Lipinski definition) is 0. The van der Waals surface area contributed by atoms with Crippen LogP contribution in [0.3, 0.4) is 0 Å². The van der Waals surface area contributed by atoms with Gasteiger partial charge in [0.1, 0.15) is 0 Å². The molecule has 1 saturated heterocycles. The van der Waals surface area contributed by atoms with E-state index in [1.807, 2.05) is 0 Å². The Morgan fingerprint density at radius 3 is 2.59 bits per heavy atom. The van der Waals surface area contributed by atoms with Crippen LogP contribution in [0.5, 0.6) is 0 Å². The molecule has 0 bridgehead atoms. The molecule has 1 saturated carbocycles. The first-order valence-electron chi connectivity index (χ1n) is 6.58. The molecule has 1 aromatic rings. The van der Waals surface area contributed by atoms with Gasteiger partial charge in [0.2, 0.25) is 5.89 Å². The van der Waals surface area contributed by atoms with E-state index < -0.39 is 0 Å². The maximum atomic E-state index is 5.37. The van der Waals surface area contributed by atoms with Gasteiger partial charge in [-0.1, -0.05) is 20.8 Å². The molecule has 2 aliphatic rings. The summed E-state index contributed by atoms with van der Waals surface area (Å²) in [6.45, 7) is 8.50. The van der Waals surface area contributed by atoms with Gasteiger partial charge in [0.25, 0.3) is 5.95 Å². The van der Waals surface area contributed by atoms with Crippen molar-refractivity contribution in [3.8, 4) is 0 Å². The monoisotopic (exact) mass is 235 g/mol. The highest BCUT2D eigenvalue weighted by Crippen LogP contribution is 2.52. The van der Waals surface area contributed by atoms with E-state index in [0.717, 1.165) is 24.9 Å². The summed E-state index contributed by atoms with van der Waals surface area (Å²) in [6.07, 6.45) is 5.41. The van der Waals surface area contributed by atoms with E-state index in [2.05, 4.69) is 35.8 Å². The molecule has 2 fully saturated rings. The van der Waals surface area contributed by atoms with Crippen molar-refractivity contribution in [2.45, 2.75) is 51.9 Å². The third-order valence-electron chi connectivity index (χ3n) is 3.96. The van der Waals surface area contributed by atoms with Gasteiger partial charge in [0.15, 0.2) is 0 Å². The van der Waals surface area contributed by atoms with Crippen molar-refractivity contribution >= 4 is 5.95 Å². The van der Waals surface area contributed by atoms with Crippen molar-refractivity contribution in [3.05, 3.63) is 5.89 Å². The molecule has 1 aliphatic carbocycles. The molecular formula is C13H21N3O. The van der Waals surface area contributed by atoms with Crippen LogP contribution in [0.15, 0.2) is 4.52 Å².